The van der Waals surface area contributed by atoms with Crippen LogP contribution in [0.3, 0.4) is 0 Å². The highest BCUT2D eigenvalue weighted by Gasteiger charge is 2.01. The first kappa shape index (κ1) is 17.9. The standard InChI is InChI=1S/C21H22N2O3/c24-20(22-25)12-2-1-7-15-26-23-21-18-10-5-3-8-16(18)13-14-17-9-4-6-11-19(17)21/h3-6,8-11,13-14,25H,1-2,7,12,15H2,(H,22,24). The molecule has 0 atom stereocenters. The highest BCUT2D eigenvalue weighted by molar-refractivity contribution is 5.92. The molecule has 0 aromatic heterocycles. The maximum absolute atomic E-state index is 11.0. The van der Waals surface area contributed by atoms with E-state index >= 15 is 0 Å². The van der Waals surface area contributed by atoms with Crippen LogP contribution in [-0.2, 0) is 9.63 Å². The van der Waals surface area contributed by atoms with E-state index in [0.717, 1.165) is 39.7 Å². The van der Waals surface area contributed by atoms with Crippen LogP contribution in [0.5, 0.6) is 0 Å². The molecule has 0 aliphatic heterocycles. The predicted molar refractivity (Wildman–Crippen MR) is 101 cm³/mol. The lowest BCUT2D eigenvalue weighted by molar-refractivity contribution is -0.129. The van der Waals surface area contributed by atoms with Gasteiger partial charge in [-0.2, -0.15) is 0 Å². The van der Waals surface area contributed by atoms with Gasteiger partial charge in [0.15, 0.2) is 0 Å². The van der Waals surface area contributed by atoms with Gasteiger partial charge in [0, 0.05) is 17.2 Å². The second-order valence-corrected chi connectivity index (χ2v) is 6.13. The number of hydrogen-bond acceptors (Lipinski definition) is 4. The quantitative estimate of drug-likeness (QED) is 0.386. The third-order valence-electron chi connectivity index (χ3n) is 4.29. The number of nitrogens with zero attached hydrogens (tertiary/aromatic N) is 1. The Hall–Kier alpha value is -2.92. The second-order valence-electron chi connectivity index (χ2n) is 6.13. The highest BCUT2D eigenvalue weighted by Crippen LogP contribution is 2.15. The van der Waals surface area contributed by atoms with Gasteiger partial charge < -0.3 is 4.84 Å². The van der Waals surface area contributed by atoms with Crippen LogP contribution in [0.25, 0.3) is 21.5 Å². The summed E-state index contributed by atoms with van der Waals surface area (Å²) in [6.07, 6.45) is 2.67. The van der Waals surface area contributed by atoms with Crippen molar-refractivity contribution in [3.05, 3.63) is 66.0 Å². The van der Waals surface area contributed by atoms with E-state index in [0.29, 0.717) is 19.4 Å². The Labute approximate surface area is 151 Å². The van der Waals surface area contributed by atoms with Crippen LogP contribution >= 0.6 is 0 Å². The molecule has 26 heavy (non-hydrogen) atoms. The van der Waals surface area contributed by atoms with Crippen LogP contribution in [0.4, 0.5) is 0 Å². The third kappa shape index (κ3) is 4.37. The van der Waals surface area contributed by atoms with Gasteiger partial charge in [0.2, 0.25) is 5.91 Å². The number of unbranched alkanes of at least 4 members (excludes halogenated alkanes) is 2. The molecule has 3 rings (SSSR count). The summed E-state index contributed by atoms with van der Waals surface area (Å²) in [7, 11) is 0. The topological polar surface area (TPSA) is 70.9 Å². The highest BCUT2D eigenvalue weighted by atomic mass is 16.6. The normalized spacial score (nSPS) is 10.7. The maximum atomic E-state index is 11.0. The summed E-state index contributed by atoms with van der Waals surface area (Å²) in [4.78, 5) is 16.5. The van der Waals surface area contributed by atoms with E-state index in [9.17, 15) is 4.79 Å². The number of carbonyl (C=O) groups excluding carboxylic acids is 1. The molecule has 0 unspecified atom stereocenters. The van der Waals surface area contributed by atoms with Gasteiger partial charge in [0.25, 0.3) is 0 Å². The monoisotopic (exact) mass is 350 g/mol. The van der Waals surface area contributed by atoms with E-state index in [-0.39, 0.29) is 5.91 Å². The van der Waals surface area contributed by atoms with Gasteiger partial charge in [-0.05, 0) is 30.0 Å². The van der Waals surface area contributed by atoms with Crippen molar-refractivity contribution >= 4 is 27.5 Å². The van der Waals surface area contributed by atoms with Crippen LogP contribution in [-0.4, -0.2) is 17.7 Å². The molecule has 0 aliphatic carbocycles. The Kier molecular flexibility index (Phi) is 6.17. The summed E-state index contributed by atoms with van der Waals surface area (Å²) in [6, 6.07) is 20.5. The molecule has 5 nitrogen and oxygen atoms in total. The summed E-state index contributed by atoms with van der Waals surface area (Å²) >= 11 is 0. The first-order valence-corrected chi connectivity index (χ1v) is 8.79. The Morgan fingerprint density at radius 1 is 0.885 bits per heavy atom. The van der Waals surface area contributed by atoms with Crippen molar-refractivity contribution in [3.8, 4) is 0 Å². The Bertz CT molecular complexity index is 908. The number of rotatable bonds is 7. The van der Waals surface area contributed by atoms with Crippen LogP contribution in [0.1, 0.15) is 25.7 Å². The van der Waals surface area contributed by atoms with E-state index in [1.165, 1.54) is 0 Å². The van der Waals surface area contributed by atoms with E-state index in [4.69, 9.17) is 10.0 Å². The van der Waals surface area contributed by atoms with Gasteiger partial charge in [-0.15, -0.1) is 0 Å². The molecule has 3 aromatic carbocycles. The fourth-order valence-corrected chi connectivity index (χ4v) is 2.93. The zero-order valence-corrected chi connectivity index (χ0v) is 14.5. The second kappa shape index (κ2) is 8.97. The van der Waals surface area contributed by atoms with Crippen molar-refractivity contribution in [2.75, 3.05) is 6.61 Å². The van der Waals surface area contributed by atoms with Crippen LogP contribution < -0.4 is 10.8 Å². The van der Waals surface area contributed by atoms with Gasteiger partial charge in [-0.1, -0.05) is 65.8 Å². The third-order valence-corrected chi connectivity index (χ3v) is 4.29. The lowest BCUT2D eigenvalue weighted by Gasteiger charge is -2.01. The summed E-state index contributed by atoms with van der Waals surface area (Å²) < 4.78 is 0. The van der Waals surface area contributed by atoms with Gasteiger partial charge >= 0.3 is 0 Å². The zero-order valence-electron chi connectivity index (χ0n) is 14.5. The Morgan fingerprint density at radius 2 is 1.50 bits per heavy atom. The molecule has 5 heteroatoms. The Balaban J connectivity index is 1.79. The van der Waals surface area contributed by atoms with E-state index in [1.54, 1.807) is 5.48 Å². The summed E-state index contributed by atoms with van der Waals surface area (Å²) in [5, 5.41) is 18.0. The molecule has 2 N–H and O–H groups in total. The van der Waals surface area contributed by atoms with Crippen molar-refractivity contribution in [2.24, 2.45) is 5.16 Å². The first-order valence-electron chi connectivity index (χ1n) is 8.79. The average molecular weight is 350 g/mol. The number of amides is 1. The number of hydroxylamine groups is 1. The minimum absolute atomic E-state index is 0.317. The molecule has 0 saturated carbocycles. The van der Waals surface area contributed by atoms with Gasteiger partial charge in [0.1, 0.15) is 12.0 Å². The molecule has 0 fully saturated rings. The fraction of sp³-hybridized carbons (Fsp3) is 0.238. The molecular formula is C21H22N2O3. The number of carbonyl (C=O) groups is 1. The lowest BCUT2D eigenvalue weighted by Crippen LogP contribution is -2.17. The largest absolute Gasteiger partial charge is 0.395 e. The van der Waals surface area contributed by atoms with Gasteiger partial charge in [-0.3, -0.25) is 10.0 Å². The molecule has 0 heterocycles. The molecule has 3 aromatic rings. The molecule has 0 spiro atoms. The van der Waals surface area contributed by atoms with E-state index in [2.05, 4.69) is 41.6 Å². The van der Waals surface area contributed by atoms with Gasteiger partial charge in [-0.25, -0.2) is 5.48 Å². The van der Waals surface area contributed by atoms with Crippen molar-refractivity contribution in [3.63, 3.8) is 0 Å². The molecule has 0 bridgehead atoms. The number of fused-ring (bicyclic) bond motifs is 2. The first-order chi connectivity index (χ1) is 12.8. The molecule has 0 aliphatic rings. The summed E-state index contributed by atoms with van der Waals surface area (Å²) in [6.45, 7) is 0.488. The maximum Gasteiger partial charge on any atom is 0.243 e. The van der Waals surface area contributed by atoms with Crippen LogP contribution in [0.15, 0.2) is 65.8 Å². The van der Waals surface area contributed by atoms with Crippen LogP contribution in [0.2, 0.25) is 0 Å². The number of benzene rings is 2. The van der Waals surface area contributed by atoms with E-state index in [1.807, 2.05) is 24.3 Å². The molecular weight excluding hydrogens is 328 g/mol. The SMILES string of the molecule is O=C(CCCCCON=c1c2ccccc2ccc2ccccc12)NO. The van der Waals surface area contributed by atoms with Crippen molar-refractivity contribution in [1.82, 2.24) is 5.48 Å². The molecule has 0 radical (unpaired) electrons. The molecule has 0 saturated heterocycles. The van der Waals surface area contributed by atoms with Crippen molar-refractivity contribution in [1.29, 1.82) is 0 Å². The van der Waals surface area contributed by atoms with E-state index < -0.39 is 0 Å². The average Bonchev–Trinajstić information content (AvgIpc) is 2.84. The van der Waals surface area contributed by atoms with Crippen LogP contribution in [0, 0.1) is 0 Å². The Morgan fingerprint density at radius 3 is 2.12 bits per heavy atom. The smallest absolute Gasteiger partial charge is 0.243 e. The molecule has 134 valence electrons. The summed E-state index contributed by atoms with van der Waals surface area (Å²) in [5.74, 6) is -0.356. The number of hydrogen-bond donors (Lipinski definition) is 2. The minimum Gasteiger partial charge on any atom is -0.395 e. The minimum atomic E-state index is -0.356. The molecule has 1 amide bonds. The summed E-state index contributed by atoms with van der Waals surface area (Å²) in [5.41, 5.74) is 1.64. The van der Waals surface area contributed by atoms with Gasteiger partial charge in [0.05, 0.1) is 0 Å². The van der Waals surface area contributed by atoms with Crippen molar-refractivity contribution < 1.29 is 14.8 Å². The zero-order chi connectivity index (χ0) is 18.2. The lowest BCUT2D eigenvalue weighted by atomic mass is 10.1. The van der Waals surface area contributed by atoms with Crippen molar-refractivity contribution in [2.45, 2.75) is 25.7 Å². The number of nitrogens with one attached hydrogen (secondary N) is 1. The predicted octanol–water partition coefficient (Wildman–Crippen LogP) is 3.89. The fourth-order valence-electron chi connectivity index (χ4n) is 2.93.